The van der Waals surface area contributed by atoms with Crippen molar-refractivity contribution in [3.63, 3.8) is 0 Å². The molecule has 1 saturated heterocycles. The Balaban J connectivity index is 1.34. The van der Waals surface area contributed by atoms with Crippen molar-refractivity contribution in [3.8, 4) is 0 Å². The second-order valence-corrected chi connectivity index (χ2v) is 13.1. The van der Waals surface area contributed by atoms with Crippen molar-refractivity contribution < 1.29 is 34.0 Å². The maximum Gasteiger partial charge on any atom is 0.309 e. The second kappa shape index (κ2) is 10.2. The zero-order chi connectivity index (χ0) is 27.5. The zero-order valence-electron chi connectivity index (χ0n) is 23.4. The maximum absolute atomic E-state index is 12.8. The minimum atomic E-state index is -1.06. The molecule has 1 aliphatic heterocycles. The number of fused-ring (bicyclic) bond motifs is 5. The summed E-state index contributed by atoms with van der Waals surface area (Å²) >= 11 is 0. The molecule has 5 rings (SSSR count). The minimum Gasteiger partial charge on any atom is -0.469 e. The van der Waals surface area contributed by atoms with E-state index < -0.39 is 36.2 Å². The number of rotatable bonds is 5. The summed E-state index contributed by atoms with van der Waals surface area (Å²) in [5.41, 5.74) is 8.86. The largest absolute Gasteiger partial charge is 0.469 e. The quantitative estimate of drug-likeness (QED) is 0.177. The number of aliphatic hydroxyl groups excluding tert-OH is 2. The molecule has 0 aromatic carbocycles. The lowest BCUT2D eigenvalue weighted by atomic mass is 9.42. The highest BCUT2D eigenvalue weighted by atomic mass is 16.7. The average molecular weight is 536 g/mol. The molecule has 0 radical (unpaired) electrons. The fourth-order valence-corrected chi connectivity index (χ4v) is 9.70. The van der Waals surface area contributed by atoms with Crippen molar-refractivity contribution in [1.82, 2.24) is 0 Å². The summed E-state index contributed by atoms with van der Waals surface area (Å²) in [6.07, 6.45) is 4.00. The Labute approximate surface area is 225 Å². The van der Waals surface area contributed by atoms with Crippen molar-refractivity contribution in [2.45, 2.75) is 121 Å². The molecule has 0 aromatic heterocycles. The minimum absolute atomic E-state index is 0.0166. The third-order valence-corrected chi connectivity index (χ3v) is 11.9. The van der Waals surface area contributed by atoms with Gasteiger partial charge in [0.05, 0.1) is 30.8 Å². The highest BCUT2D eigenvalue weighted by Gasteiger charge is 2.69. The molecular formula is C28H45N3O7. The molecule has 0 amide bonds. The van der Waals surface area contributed by atoms with Gasteiger partial charge in [-0.3, -0.25) is 4.79 Å². The van der Waals surface area contributed by atoms with Crippen LogP contribution in [0.5, 0.6) is 0 Å². The van der Waals surface area contributed by atoms with Crippen LogP contribution in [0.3, 0.4) is 0 Å². The summed E-state index contributed by atoms with van der Waals surface area (Å²) in [5.74, 6) is 0.735. The lowest BCUT2D eigenvalue weighted by molar-refractivity contribution is -0.314. The molecule has 0 unspecified atom stereocenters. The van der Waals surface area contributed by atoms with E-state index in [4.69, 9.17) is 18.9 Å². The van der Waals surface area contributed by atoms with Crippen LogP contribution in [0.25, 0.3) is 10.4 Å². The number of esters is 1. The molecule has 5 fully saturated rings. The van der Waals surface area contributed by atoms with Crippen molar-refractivity contribution in [2.75, 3.05) is 14.2 Å². The Bertz CT molecular complexity index is 961. The molecule has 214 valence electrons. The fraction of sp³-hybridized carbons (Fsp3) is 0.964. The second-order valence-electron chi connectivity index (χ2n) is 13.1. The highest BCUT2D eigenvalue weighted by molar-refractivity contribution is 5.74. The molecule has 0 spiro atoms. The Morgan fingerprint density at radius 2 is 1.79 bits per heavy atom. The van der Waals surface area contributed by atoms with Crippen LogP contribution < -0.4 is 0 Å². The third kappa shape index (κ3) is 4.01. The van der Waals surface area contributed by atoms with Gasteiger partial charge in [-0.05, 0) is 98.8 Å². The SMILES string of the molecule is COC(=O)[C@H]1CC[C@]2(N=[N+]=[N-])[C@@H]3CC[C@@H]4C[C@@H](O[C@@H]5O[C@@H](C)[C@H](O)[C@@H](O)[C@H]5OC)CC[C@]4(C)[C@H]3CC[C@]12C. The molecule has 4 aliphatic carbocycles. The van der Waals surface area contributed by atoms with E-state index in [2.05, 4.69) is 23.9 Å². The number of nitrogens with zero attached hydrogens (tertiary/aromatic N) is 3. The van der Waals surface area contributed by atoms with Gasteiger partial charge in [-0.2, -0.15) is 0 Å². The van der Waals surface area contributed by atoms with Crippen LogP contribution in [0, 0.1) is 34.5 Å². The molecule has 10 heteroatoms. The van der Waals surface area contributed by atoms with Gasteiger partial charge in [-0.1, -0.05) is 19.0 Å². The monoisotopic (exact) mass is 535 g/mol. The highest BCUT2D eigenvalue weighted by Crippen LogP contribution is 2.70. The van der Waals surface area contributed by atoms with Gasteiger partial charge in [-0.25, -0.2) is 0 Å². The number of azide groups is 1. The topological polar surface area (TPSA) is 143 Å². The summed E-state index contributed by atoms with van der Waals surface area (Å²) in [7, 11) is 2.95. The smallest absolute Gasteiger partial charge is 0.309 e. The summed E-state index contributed by atoms with van der Waals surface area (Å²) in [4.78, 5) is 16.1. The molecule has 0 aromatic rings. The summed E-state index contributed by atoms with van der Waals surface area (Å²) < 4.78 is 23.0. The van der Waals surface area contributed by atoms with Crippen LogP contribution in [-0.4, -0.2) is 72.8 Å². The first-order valence-corrected chi connectivity index (χ1v) is 14.4. The van der Waals surface area contributed by atoms with E-state index in [-0.39, 0.29) is 34.7 Å². The number of carbonyl (C=O) groups excluding carboxylic acids is 1. The van der Waals surface area contributed by atoms with Crippen molar-refractivity contribution in [3.05, 3.63) is 10.4 Å². The van der Waals surface area contributed by atoms with Crippen molar-refractivity contribution in [2.24, 2.45) is 39.6 Å². The van der Waals surface area contributed by atoms with Gasteiger partial charge in [-0.15, -0.1) is 0 Å². The first-order chi connectivity index (χ1) is 18.1. The predicted molar refractivity (Wildman–Crippen MR) is 138 cm³/mol. The van der Waals surface area contributed by atoms with Gasteiger partial charge in [0.15, 0.2) is 6.29 Å². The molecule has 10 nitrogen and oxygen atoms in total. The van der Waals surface area contributed by atoms with Crippen LogP contribution in [0.1, 0.15) is 78.6 Å². The van der Waals surface area contributed by atoms with Crippen LogP contribution in [0.15, 0.2) is 5.11 Å². The summed E-state index contributed by atoms with van der Waals surface area (Å²) in [6, 6.07) is 0. The standard InChI is InChI=1S/C28H45N3O7/c1-15-21(32)22(33)23(35-4)25(37-15)38-17-8-11-26(2)16(14-17)6-7-19-18(26)9-12-27(3)20(24(34)36-5)10-13-28(19,27)30-31-29/h15-23,25,32-33H,6-14H2,1-5H3/t15-,16+,17-,18-,19+,20+,21-,22+,23+,25-,26-,27+,28-/m0/s1. The van der Waals surface area contributed by atoms with Gasteiger partial charge in [0.2, 0.25) is 0 Å². The molecule has 38 heavy (non-hydrogen) atoms. The van der Waals surface area contributed by atoms with Crippen LogP contribution in [0.4, 0.5) is 0 Å². The average Bonchev–Trinajstić information content (AvgIpc) is 3.20. The predicted octanol–water partition coefficient (Wildman–Crippen LogP) is 4.12. The van der Waals surface area contributed by atoms with Crippen molar-refractivity contribution in [1.29, 1.82) is 0 Å². The van der Waals surface area contributed by atoms with E-state index in [1.807, 2.05) is 0 Å². The Morgan fingerprint density at radius 1 is 1.03 bits per heavy atom. The normalized spacial score (nSPS) is 52.2. The first kappa shape index (κ1) is 28.1. The molecular weight excluding hydrogens is 490 g/mol. The van der Waals surface area contributed by atoms with Gasteiger partial charge in [0, 0.05) is 12.0 Å². The first-order valence-electron chi connectivity index (χ1n) is 14.4. The van der Waals surface area contributed by atoms with E-state index >= 15 is 0 Å². The number of carbonyl (C=O) groups is 1. The Morgan fingerprint density at radius 3 is 2.47 bits per heavy atom. The molecule has 4 saturated carbocycles. The van der Waals surface area contributed by atoms with Gasteiger partial charge in [0.1, 0.15) is 18.3 Å². The molecule has 5 aliphatic rings. The fourth-order valence-electron chi connectivity index (χ4n) is 9.70. The van der Waals surface area contributed by atoms with Crippen LogP contribution >= 0.6 is 0 Å². The van der Waals surface area contributed by atoms with Gasteiger partial charge in [0.25, 0.3) is 0 Å². The number of hydrogen-bond acceptors (Lipinski definition) is 8. The third-order valence-electron chi connectivity index (χ3n) is 11.9. The van der Waals surface area contributed by atoms with E-state index in [1.165, 1.54) is 14.2 Å². The van der Waals surface area contributed by atoms with E-state index in [0.717, 1.165) is 51.4 Å². The molecule has 0 bridgehead atoms. The van der Waals surface area contributed by atoms with Gasteiger partial charge >= 0.3 is 5.97 Å². The zero-order valence-corrected chi connectivity index (χ0v) is 23.4. The molecule has 2 N–H and O–H groups in total. The Hall–Kier alpha value is -1.42. The number of methoxy groups -OCH3 is 2. The van der Waals surface area contributed by atoms with Crippen molar-refractivity contribution >= 4 is 5.97 Å². The van der Waals surface area contributed by atoms with Gasteiger partial charge < -0.3 is 29.2 Å². The number of hydrogen-bond donors (Lipinski definition) is 2. The lowest BCUT2D eigenvalue weighted by Crippen LogP contribution is -2.62. The van der Waals surface area contributed by atoms with Crippen LogP contribution in [0.2, 0.25) is 0 Å². The summed E-state index contributed by atoms with van der Waals surface area (Å²) in [5, 5.41) is 25.3. The van der Waals surface area contributed by atoms with E-state index in [9.17, 15) is 20.5 Å². The summed E-state index contributed by atoms with van der Waals surface area (Å²) in [6.45, 7) is 6.31. The Kier molecular flexibility index (Phi) is 7.55. The maximum atomic E-state index is 12.8. The lowest BCUT2D eigenvalue weighted by Gasteiger charge is -2.64. The number of aliphatic hydroxyl groups is 2. The van der Waals surface area contributed by atoms with Crippen LogP contribution in [-0.2, 0) is 23.7 Å². The number of ether oxygens (including phenoxy) is 4. The molecule has 13 atom stereocenters. The molecule has 1 heterocycles. The van der Waals surface area contributed by atoms with E-state index in [1.54, 1.807) is 6.92 Å². The van der Waals surface area contributed by atoms with E-state index in [0.29, 0.717) is 18.3 Å².